The number of amides is 1. The molecule has 0 spiro atoms. The lowest BCUT2D eigenvalue weighted by molar-refractivity contribution is -0.146. The van der Waals surface area contributed by atoms with Crippen molar-refractivity contribution in [3.05, 3.63) is 52.6 Å². The van der Waals surface area contributed by atoms with Crippen molar-refractivity contribution in [3.63, 3.8) is 0 Å². The fraction of sp³-hybridized carbons (Fsp3) is 0.519. The molecule has 2 aliphatic rings. The van der Waals surface area contributed by atoms with Crippen LogP contribution in [0.15, 0.2) is 30.3 Å². The predicted octanol–water partition coefficient (Wildman–Crippen LogP) is 3.76. The number of methoxy groups -OCH3 is 3. The third-order valence-corrected chi connectivity index (χ3v) is 6.89. The van der Waals surface area contributed by atoms with Crippen LogP contribution in [0.2, 0.25) is 0 Å². The van der Waals surface area contributed by atoms with Crippen LogP contribution in [0, 0.1) is 6.92 Å². The summed E-state index contributed by atoms with van der Waals surface area (Å²) in [6, 6.07) is 9.85. The molecule has 0 bridgehead atoms. The van der Waals surface area contributed by atoms with Gasteiger partial charge in [0.2, 0.25) is 5.91 Å². The van der Waals surface area contributed by atoms with Gasteiger partial charge in [0.1, 0.15) is 5.75 Å². The summed E-state index contributed by atoms with van der Waals surface area (Å²) < 4.78 is 23.8. The summed E-state index contributed by atoms with van der Waals surface area (Å²) in [7, 11) is 4.98. The summed E-state index contributed by atoms with van der Waals surface area (Å²) in [5.41, 5.74) is 4.02. The Morgan fingerprint density at radius 2 is 1.71 bits per heavy atom. The zero-order valence-corrected chi connectivity index (χ0v) is 20.9. The molecule has 34 heavy (non-hydrogen) atoms. The Morgan fingerprint density at radius 1 is 1.00 bits per heavy atom. The van der Waals surface area contributed by atoms with E-state index in [1.807, 2.05) is 42.2 Å². The van der Waals surface area contributed by atoms with Crippen LogP contribution in [0.3, 0.4) is 0 Å². The van der Waals surface area contributed by atoms with Gasteiger partial charge in [-0.2, -0.15) is 0 Å². The van der Waals surface area contributed by atoms with Crippen molar-refractivity contribution in [3.8, 4) is 17.2 Å². The lowest BCUT2D eigenvalue weighted by atomic mass is 9.83. The molecule has 1 fully saturated rings. The third kappa shape index (κ3) is 4.46. The predicted molar refractivity (Wildman–Crippen MR) is 131 cm³/mol. The van der Waals surface area contributed by atoms with Crippen molar-refractivity contribution in [2.24, 2.45) is 0 Å². The van der Waals surface area contributed by atoms with Crippen LogP contribution in [0.25, 0.3) is 0 Å². The normalized spacial score (nSPS) is 20.0. The molecule has 0 radical (unpaired) electrons. The van der Waals surface area contributed by atoms with E-state index in [-0.39, 0.29) is 18.0 Å². The van der Waals surface area contributed by atoms with E-state index in [2.05, 4.69) is 11.8 Å². The van der Waals surface area contributed by atoms with Crippen LogP contribution in [0.1, 0.15) is 41.6 Å². The highest BCUT2D eigenvalue weighted by Crippen LogP contribution is 2.51. The lowest BCUT2D eigenvalue weighted by Gasteiger charge is -2.49. The molecular weight excluding hydrogens is 432 g/mol. The Morgan fingerprint density at radius 3 is 2.35 bits per heavy atom. The minimum absolute atomic E-state index is 0.0528. The van der Waals surface area contributed by atoms with Gasteiger partial charge in [0.15, 0.2) is 11.5 Å². The molecule has 0 aliphatic carbocycles. The summed E-state index contributed by atoms with van der Waals surface area (Å²) in [6.45, 7) is 7.16. The van der Waals surface area contributed by atoms with Gasteiger partial charge in [-0.05, 0) is 31.9 Å². The molecule has 0 saturated carbocycles. The molecule has 184 valence electrons. The molecule has 2 aromatic rings. The fourth-order valence-corrected chi connectivity index (χ4v) is 5.57. The zero-order valence-electron chi connectivity index (χ0n) is 20.9. The van der Waals surface area contributed by atoms with Gasteiger partial charge >= 0.3 is 0 Å². The Labute approximate surface area is 202 Å². The van der Waals surface area contributed by atoms with Gasteiger partial charge < -0.3 is 23.8 Å². The van der Waals surface area contributed by atoms with Crippen molar-refractivity contribution < 1.29 is 23.7 Å². The average molecular weight is 469 g/mol. The highest BCUT2D eigenvalue weighted by atomic mass is 16.5. The Balaban J connectivity index is 1.77. The number of carbonyl (C=O) groups excluding carboxylic acids is 1. The van der Waals surface area contributed by atoms with Crippen molar-refractivity contribution >= 4 is 5.91 Å². The van der Waals surface area contributed by atoms with Crippen LogP contribution in [-0.4, -0.2) is 69.3 Å². The summed E-state index contributed by atoms with van der Waals surface area (Å²) in [5.74, 6) is 2.23. The van der Waals surface area contributed by atoms with E-state index < -0.39 is 0 Å². The maximum Gasteiger partial charge on any atom is 0.237 e. The first kappa shape index (κ1) is 24.4. The van der Waals surface area contributed by atoms with Crippen LogP contribution < -0.4 is 14.2 Å². The number of hydrogen-bond donors (Lipinski definition) is 0. The average Bonchev–Trinajstić information content (AvgIpc) is 2.83. The highest BCUT2D eigenvalue weighted by Gasteiger charge is 2.45. The van der Waals surface area contributed by atoms with Crippen molar-refractivity contribution in [2.45, 2.75) is 45.4 Å². The van der Waals surface area contributed by atoms with E-state index in [0.717, 1.165) is 47.5 Å². The molecule has 2 aromatic carbocycles. The Kier molecular flexibility index (Phi) is 7.63. The van der Waals surface area contributed by atoms with Gasteiger partial charge in [0, 0.05) is 29.3 Å². The SMILES string of the molecule is CCCN1CC(=O)N2[C@@H](Cc3c(OC)c(C)c(OC)c(OC)c3[C@@H]2COCc2ccccc2)C1. The van der Waals surface area contributed by atoms with Crippen molar-refractivity contribution in [1.29, 1.82) is 0 Å². The van der Waals surface area contributed by atoms with Gasteiger partial charge in [-0.1, -0.05) is 37.3 Å². The molecule has 2 heterocycles. The van der Waals surface area contributed by atoms with Crippen molar-refractivity contribution in [1.82, 2.24) is 9.80 Å². The molecule has 1 saturated heterocycles. The monoisotopic (exact) mass is 468 g/mol. The molecule has 2 aliphatic heterocycles. The second kappa shape index (κ2) is 10.7. The second-order valence-electron chi connectivity index (χ2n) is 9.03. The number of piperazine rings is 1. The van der Waals surface area contributed by atoms with E-state index in [4.69, 9.17) is 18.9 Å². The topological polar surface area (TPSA) is 60.5 Å². The molecule has 7 nitrogen and oxygen atoms in total. The Hall–Kier alpha value is -2.77. The van der Waals surface area contributed by atoms with Gasteiger partial charge in [0.25, 0.3) is 0 Å². The van der Waals surface area contributed by atoms with E-state index in [0.29, 0.717) is 37.7 Å². The quantitative estimate of drug-likeness (QED) is 0.559. The number of benzene rings is 2. The first-order chi connectivity index (χ1) is 16.5. The van der Waals surface area contributed by atoms with Gasteiger partial charge in [0.05, 0.1) is 47.1 Å². The van der Waals surface area contributed by atoms with Gasteiger partial charge in [-0.3, -0.25) is 9.69 Å². The molecule has 2 atom stereocenters. The number of ether oxygens (including phenoxy) is 4. The largest absolute Gasteiger partial charge is 0.496 e. The van der Waals surface area contributed by atoms with Crippen LogP contribution in [0.4, 0.5) is 0 Å². The molecular formula is C27H36N2O5. The number of rotatable bonds is 9. The van der Waals surface area contributed by atoms with E-state index >= 15 is 0 Å². The number of carbonyl (C=O) groups is 1. The van der Waals surface area contributed by atoms with Gasteiger partial charge in [-0.15, -0.1) is 0 Å². The molecule has 0 aromatic heterocycles. The maximum atomic E-state index is 13.5. The molecule has 7 heteroatoms. The molecule has 4 rings (SSSR count). The van der Waals surface area contributed by atoms with E-state index in [9.17, 15) is 4.79 Å². The maximum absolute atomic E-state index is 13.5. The number of fused-ring (bicyclic) bond motifs is 2. The first-order valence-corrected chi connectivity index (χ1v) is 12.0. The first-order valence-electron chi connectivity index (χ1n) is 12.0. The highest BCUT2D eigenvalue weighted by molar-refractivity contribution is 5.81. The molecule has 0 N–H and O–H groups in total. The smallest absolute Gasteiger partial charge is 0.237 e. The van der Waals surface area contributed by atoms with Crippen LogP contribution in [-0.2, 0) is 22.6 Å². The van der Waals surface area contributed by atoms with Gasteiger partial charge in [-0.25, -0.2) is 0 Å². The van der Waals surface area contributed by atoms with Crippen molar-refractivity contribution in [2.75, 3.05) is 47.6 Å². The summed E-state index contributed by atoms with van der Waals surface area (Å²) in [4.78, 5) is 17.8. The molecule has 1 amide bonds. The zero-order chi connectivity index (χ0) is 24.2. The van der Waals surface area contributed by atoms with E-state index in [1.165, 1.54) is 0 Å². The third-order valence-electron chi connectivity index (χ3n) is 6.89. The fourth-order valence-electron chi connectivity index (χ4n) is 5.57. The minimum Gasteiger partial charge on any atom is -0.496 e. The molecule has 0 unspecified atom stereocenters. The summed E-state index contributed by atoms with van der Waals surface area (Å²) in [5, 5.41) is 0. The number of hydrogen-bond acceptors (Lipinski definition) is 6. The summed E-state index contributed by atoms with van der Waals surface area (Å²) in [6.07, 6.45) is 1.73. The Bertz CT molecular complexity index is 1010. The van der Waals surface area contributed by atoms with Crippen LogP contribution in [0.5, 0.6) is 17.2 Å². The number of nitrogens with zero attached hydrogens (tertiary/aromatic N) is 2. The van der Waals surface area contributed by atoms with Crippen LogP contribution >= 0.6 is 0 Å². The summed E-state index contributed by atoms with van der Waals surface area (Å²) >= 11 is 0. The second-order valence-corrected chi connectivity index (χ2v) is 9.03. The van der Waals surface area contributed by atoms with E-state index in [1.54, 1.807) is 21.3 Å². The standard InChI is InChI=1S/C27H36N2O5/c1-6-12-28-14-20-13-21-24(27(33-5)26(32-4)18(2)25(21)31-3)22(29(20)23(30)15-28)17-34-16-19-10-8-7-9-11-19/h7-11,20,22H,6,12-17H2,1-5H3/t20-,22-/m0/s1. The minimum atomic E-state index is -0.285. The lowest BCUT2D eigenvalue weighted by Crippen LogP contribution is -2.60.